The maximum atomic E-state index is 13.0. The molecule has 94 valence electrons. The van der Waals surface area contributed by atoms with Gasteiger partial charge in [-0.1, -0.05) is 6.07 Å². The summed E-state index contributed by atoms with van der Waals surface area (Å²) in [6.07, 6.45) is -5.87. The summed E-state index contributed by atoms with van der Waals surface area (Å²) in [5, 5.41) is 2.02. The molecule has 17 heavy (non-hydrogen) atoms. The minimum Gasteiger partial charge on any atom is -0.440 e. The molecule has 1 amide bonds. The van der Waals surface area contributed by atoms with E-state index < -0.39 is 24.7 Å². The quantitative estimate of drug-likeness (QED) is 0.819. The summed E-state index contributed by atoms with van der Waals surface area (Å²) in [5.74, 6) is -0.571. The van der Waals surface area contributed by atoms with Crippen molar-refractivity contribution in [1.82, 2.24) is 0 Å². The van der Waals surface area contributed by atoms with Crippen molar-refractivity contribution in [3.05, 3.63) is 29.6 Å². The fourth-order valence-corrected chi connectivity index (χ4v) is 1.04. The molecule has 0 radical (unpaired) electrons. The number of hydrogen-bond donors (Lipinski definition) is 1. The predicted octanol–water partition coefficient (Wildman–Crippen LogP) is 3.24. The molecule has 1 rings (SSSR count). The molecule has 1 aromatic carbocycles. The second-order valence-corrected chi connectivity index (χ2v) is 3.23. The third kappa shape index (κ3) is 4.29. The highest BCUT2D eigenvalue weighted by atomic mass is 19.4. The summed E-state index contributed by atoms with van der Waals surface area (Å²) in [4.78, 5) is 11.0. The monoisotopic (exact) mass is 251 g/mol. The van der Waals surface area contributed by atoms with Crippen LogP contribution in [0, 0.1) is 12.7 Å². The minimum absolute atomic E-state index is 0.0668. The van der Waals surface area contributed by atoms with Crippen molar-refractivity contribution in [3.63, 3.8) is 0 Å². The van der Waals surface area contributed by atoms with E-state index in [9.17, 15) is 22.4 Å². The number of halogens is 4. The number of carbonyl (C=O) groups is 1. The van der Waals surface area contributed by atoms with Gasteiger partial charge in [-0.15, -0.1) is 0 Å². The van der Waals surface area contributed by atoms with E-state index in [2.05, 4.69) is 4.74 Å². The molecular formula is C10H9F4NO2. The molecular weight excluding hydrogens is 242 g/mol. The summed E-state index contributed by atoms with van der Waals surface area (Å²) >= 11 is 0. The molecule has 0 aliphatic carbocycles. The van der Waals surface area contributed by atoms with Gasteiger partial charge in [0.25, 0.3) is 0 Å². The number of benzene rings is 1. The Bertz CT molecular complexity index is 417. The van der Waals surface area contributed by atoms with E-state index >= 15 is 0 Å². The number of rotatable bonds is 2. The number of carbonyl (C=O) groups excluding carboxylic acids is 1. The first-order valence-corrected chi connectivity index (χ1v) is 4.55. The average Bonchev–Trinajstić information content (AvgIpc) is 2.21. The molecule has 0 aromatic heterocycles. The Kier molecular flexibility index (Phi) is 3.93. The van der Waals surface area contributed by atoms with Crippen LogP contribution >= 0.6 is 0 Å². The maximum absolute atomic E-state index is 13.0. The second-order valence-electron chi connectivity index (χ2n) is 3.23. The zero-order chi connectivity index (χ0) is 13.1. The first-order chi connectivity index (χ1) is 7.79. The largest absolute Gasteiger partial charge is 0.440 e. The number of nitrogens with one attached hydrogen (secondary N) is 1. The molecule has 7 heteroatoms. The van der Waals surface area contributed by atoms with Crippen molar-refractivity contribution in [2.45, 2.75) is 13.1 Å². The van der Waals surface area contributed by atoms with Gasteiger partial charge < -0.3 is 4.74 Å². The van der Waals surface area contributed by atoms with Crippen LogP contribution in [-0.4, -0.2) is 18.9 Å². The van der Waals surface area contributed by atoms with Crippen LogP contribution in [0.15, 0.2) is 18.2 Å². The van der Waals surface area contributed by atoms with Gasteiger partial charge in [0.1, 0.15) is 5.82 Å². The summed E-state index contributed by atoms with van der Waals surface area (Å²) in [6, 6.07) is 3.84. The van der Waals surface area contributed by atoms with Crippen LogP contribution in [0.3, 0.4) is 0 Å². The molecule has 0 bridgehead atoms. The van der Waals surface area contributed by atoms with Crippen LogP contribution < -0.4 is 5.32 Å². The first-order valence-electron chi connectivity index (χ1n) is 4.55. The van der Waals surface area contributed by atoms with E-state index in [1.54, 1.807) is 0 Å². The van der Waals surface area contributed by atoms with Crippen molar-refractivity contribution in [1.29, 1.82) is 0 Å². The Hall–Kier alpha value is -1.79. The lowest BCUT2D eigenvalue weighted by molar-refractivity contribution is -0.159. The van der Waals surface area contributed by atoms with Crippen LogP contribution in [0.2, 0.25) is 0 Å². The Morgan fingerprint density at radius 2 is 2.06 bits per heavy atom. The molecule has 0 spiro atoms. The Balaban J connectivity index is 2.60. The van der Waals surface area contributed by atoms with Gasteiger partial charge in [-0.05, 0) is 19.1 Å². The van der Waals surface area contributed by atoms with E-state index in [-0.39, 0.29) is 11.3 Å². The van der Waals surface area contributed by atoms with Gasteiger partial charge in [0, 0.05) is 11.3 Å². The van der Waals surface area contributed by atoms with Crippen LogP contribution in [0.4, 0.5) is 28.0 Å². The number of hydrogen-bond acceptors (Lipinski definition) is 2. The van der Waals surface area contributed by atoms with E-state index in [0.29, 0.717) is 0 Å². The lowest BCUT2D eigenvalue weighted by atomic mass is 10.2. The van der Waals surface area contributed by atoms with Gasteiger partial charge in [0.15, 0.2) is 6.61 Å². The summed E-state index contributed by atoms with van der Waals surface area (Å²) in [7, 11) is 0. The van der Waals surface area contributed by atoms with Crippen LogP contribution in [0.25, 0.3) is 0 Å². The second kappa shape index (κ2) is 5.03. The van der Waals surface area contributed by atoms with Crippen LogP contribution in [0.1, 0.15) is 5.56 Å². The summed E-state index contributed by atoms with van der Waals surface area (Å²) < 4.78 is 52.1. The molecule has 0 saturated carbocycles. The van der Waals surface area contributed by atoms with Gasteiger partial charge in [-0.2, -0.15) is 13.2 Å². The lowest BCUT2D eigenvalue weighted by Crippen LogP contribution is -2.23. The molecule has 0 fully saturated rings. The highest BCUT2D eigenvalue weighted by molar-refractivity contribution is 5.85. The number of anilines is 1. The number of ether oxygens (including phenoxy) is 1. The molecule has 0 saturated heterocycles. The Morgan fingerprint density at radius 3 is 2.65 bits per heavy atom. The van der Waals surface area contributed by atoms with Crippen molar-refractivity contribution in [2.75, 3.05) is 11.9 Å². The average molecular weight is 251 g/mol. The predicted molar refractivity (Wildman–Crippen MR) is 52.2 cm³/mol. The molecule has 0 heterocycles. The van der Waals surface area contributed by atoms with E-state index in [1.807, 2.05) is 5.32 Å². The summed E-state index contributed by atoms with van der Waals surface area (Å²) in [5.41, 5.74) is 0.189. The van der Waals surface area contributed by atoms with Gasteiger partial charge >= 0.3 is 12.3 Å². The highest BCUT2D eigenvalue weighted by Gasteiger charge is 2.29. The Morgan fingerprint density at radius 1 is 1.41 bits per heavy atom. The topological polar surface area (TPSA) is 38.3 Å². The van der Waals surface area contributed by atoms with E-state index in [1.165, 1.54) is 25.1 Å². The number of alkyl halides is 3. The molecule has 1 aromatic rings. The van der Waals surface area contributed by atoms with Gasteiger partial charge in [-0.3, -0.25) is 5.32 Å². The normalized spacial score (nSPS) is 11.1. The SMILES string of the molecule is Cc1c(F)cccc1NC(=O)OCC(F)(F)F. The molecule has 0 atom stereocenters. The third-order valence-electron chi connectivity index (χ3n) is 1.87. The molecule has 0 unspecified atom stereocenters. The van der Waals surface area contributed by atoms with Crippen molar-refractivity contribution in [2.24, 2.45) is 0 Å². The molecule has 1 N–H and O–H groups in total. The molecule has 3 nitrogen and oxygen atoms in total. The zero-order valence-corrected chi connectivity index (χ0v) is 8.77. The van der Waals surface area contributed by atoms with Gasteiger partial charge in [0.2, 0.25) is 0 Å². The molecule has 0 aliphatic rings. The number of amides is 1. The first kappa shape index (κ1) is 13.3. The van der Waals surface area contributed by atoms with Gasteiger partial charge in [-0.25, -0.2) is 9.18 Å². The zero-order valence-electron chi connectivity index (χ0n) is 8.77. The third-order valence-corrected chi connectivity index (χ3v) is 1.87. The highest BCUT2D eigenvalue weighted by Crippen LogP contribution is 2.18. The van der Waals surface area contributed by atoms with Crippen LogP contribution in [0.5, 0.6) is 0 Å². The fourth-order valence-electron chi connectivity index (χ4n) is 1.04. The molecule has 0 aliphatic heterocycles. The maximum Gasteiger partial charge on any atom is 0.422 e. The summed E-state index contributed by atoms with van der Waals surface area (Å²) in [6.45, 7) is -0.304. The smallest absolute Gasteiger partial charge is 0.422 e. The van der Waals surface area contributed by atoms with Crippen molar-refractivity contribution in [3.8, 4) is 0 Å². The fraction of sp³-hybridized carbons (Fsp3) is 0.300. The minimum atomic E-state index is -4.59. The van der Waals surface area contributed by atoms with Crippen molar-refractivity contribution >= 4 is 11.8 Å². The van der Waals surface area contributed by atoms with Crippen LogP contribution in [-0.2, 0) is 4.74 Å². The Labute approximate surface area is 94.4 Å². The van der Waals surface area contributed by atoms with E-state index in [4.69, 9.17) is 0 Å². The van der Waals surface area contributed by atoms with Crippen molar-refractivity contribution < 1.29 is 27.1 Å². The van der Waals surface area contributed by atoms with Gasteiger partial charge in [0.05, 0.1) is 0 Å². The standard InChI is InChI=1S/C10H9F4NO2/c1-6-7(11)3-2-4-8(6)15-9(16)17-5-10(12,13)14/h2-4H,5H2,1H3,(H,15,16). The van der Waals surface area contributed by atoms with E-state index in [0.717, 1.165) is 0 Å². The lowest BCUT2D eigenvalue weighted by Gasteiger charge is -2.10.